The van der Waals surface area contributed by atoms with E-state index in [2.05, 4.69) is 64.0 Å². The highest BCUT2D eigenvalue weighted by Crippen LogP contribution is 2.44. The standard InChI is InChI=1S/C27H27N5O2S/c1-18-25(29-30-28)14-19(15-26(18)35)16-31-10-12-32(13-11-31)27(33)34-17-24-22-8-4-2-6-20(22)21-7-3-5-9-23(21)24/h2-9,14-15,24,35H,10-13,16-17H2,1H3. The predicted octanol–water partition coefficient (Wildman–Crippen LogP) is 6.29. The molecule has 3 aromatic carbocycles. The van der Waals surface area contributed by atoms with Gasteiger partial charge in [-0.25, -0.2) is 4.79 Å². The monoisotopic (exact) mass is 485 g/mol. The van der Waals surface area contributed by atoms with Gasteiger partial charge in [0, 0.05) is 54.1 Å². The van der Waals surface area contributed by atoms with Crippen molar-refractivity contribution in [2.45, 2.75) is 24.3 Å². The minimum absolute atomic E-state index is 0.0647. The number of carbonyl (C=O) groups excluding carboxylic acids is 1. The van der Waals surface area contributed by atoms with Crippen LogP contribution in [0.15, 0.2) is 70.7 Å². The molecule has 1 heterocycles. The Bertz CT molecular complexity index is 1270. The number of piperazine rings is 1. The van der Waals surface area contributed by atoms with E-state index in [-0.39, 0.29) is 12.0 Å². The Labute approximate surface area is 210 Å². The molecule has 35 heavy (non-hydrogen) atoms. The van der Waals surface area contributed by atoms with Crippen LogP contribution in [0.4, 0.5) is 10.5 Å². The van der Waals surface area contributed by atoms with Crippen molar-refractivity contribution in [1.82, 2.24) is 9.80 Å². The summed E-state index contributed by atoms with van der Waals surface area (Å²) < 4.78 is 5.82. The fourth-order valence-electron chi connectivity index (χ4n) is 5.02. The van der Waals surface area contributed by atoms with Crippen LogP contribution >= 0.6 is 12.6 Å². The lowest BCUT2D eigenvalue weighted by molar-refractivity contribution is 0.0728. The summed E-state index contributed by atoms with van der Waals surface area (Å²) in [6, 6.07) is 20.6. The summed E-state index contributed by atoms with van der Waals surface area (Å²) >= 11 is 4.51. The molecule has 178 valence electrons. The third-order valence-corrected chi connectivity index (χ3v) is 7.40. The van der Waals surface area contributed by atoms with E-state index in [1.807, 2.05) is 31.2 Å². The number of hydrogen-bond donors (Lipinski definition) is 1. The number of ether oxygens (including phenoxy) is 1. The second-order valence-corrected chi connectivity index (χ2v) is 9.50. The van der Waals surface area contributed by atoms with Gasteiger partial charge in [0.15, 0.2) is 0 Å². The molecule has 1 fully saturated rings. The molecule has 3 aromatic rings. The maximum Gasteiger partial charge on any atom is 0.409 e. The van der Waals surface area contributed by atoms with Crippen LogP contribution in [0.5, 0.6) is 0 Å². The second-order valence-electron chi connectivity index (χ2n) is 9.02. The zero-order valence-electron chi connectivity index (χ0n) is 19.6. The van der Waals surface area contributed by atoms with Crippen molar-refractivity contribution in [3.63, 3.8) is 0 Å². The SMILES string of the molecule is Cc1c(S)cc(CN2CCN(C(=O)OCC3c4ccccc4-c4ccccc43)CC2)cc1N=[N+]=[N-]. The first-order valence-electron chi connectivity index (χ1n) is 11.7. The van der Waals surface area contributed by atoms with E-state index in [0.29, 0.717) is 31.9 Å². The molecule has 0 bridgehead atoms. The van der Waals surface area contributed by atoms with Crippen LogP contribution in [0.2, 0.25) is 0 Å². The number of hydrogen-bond acceptors (Lipinski definition) is 5. The van der Waals surface area contributed by atoms with Crippen LogP contribution in [0.1, 0.15) is 28.2 Å². The molecule has 0 saturated carbocycles. The fourth-order valence-corrected chi connectivity index (χ4v) is 5.30. The quantitative estimate of drug-likeness (QED) is 0.199. The Kier molecular flexibility index (Phi) is 6.68. The highest BCUT2D eigenvalue weighted by molar-refractivity contribution is 7.80. The molecule has 1 amide bonds. The molecular formula is C27H27N5O2S. The number of fused-ring (bicyclic) bond motifs is 3. The highest BCUT2D eigenvalue weighted by Gasteiger charge is 2.30. The number of azide groups is 1. The van der Waals surface area contributed by atoms with Crippen molar-refractivity contribution in [3.05, 3.63) is 93.4 Å². The van der Waals surface area contributed by atoms with Gasteiger partial charge in [0.25, 0.3) is 0 Å². The molecule has 0 radical (unpaired) electrons. The molecule has 0 spiro atoms. The average Bonchev–Trinajstić information content (AvgIpc) is 3.20. The van der Waals surface area contributed by atoms with Gasteiger partial charge in [-0.1, -0.05) is 53.6 Å². The van der Waals surface area contributed by atoms with E-state index in [4.69, 9.17) is 10.3 Å². The smallest absolute Gasteiger partial charge is 0.409 e. The second kappa shape index (κ2) is 10.0. The molecule has 8 heteroatoms. The lowest BCUT2D eigenvalue weighted by Crippen LogP contribution is -2.48. The van der Waals surface area contributed by atoms with Crippen LogP contribution in [0.3, 0.4) is 0 Å². The summed E-state index contributed by atoms with van der Waals surface area (Å²) in [6.45, 7) is 5.65. The number of rotatable bonds is 5. The largest absolute Gasteiger partial charge is 0.448 e. The molecule has 0 atom stereocenters. The first kappa shape index (κ1) is 23.3. The summed E-state index contributed by atoms with van der Waals surface area (Å²) in [5, 5.41) is 3.78. The summed E-state index contributed by atoms with van der Waals surface area (Å²) in [4.78, 5) is 20.7. The molecule has 1 aliphatic carbocycles. The van der Waals surface area contributed by atoms with E-state index in [1.54, 1.807) is 4.90 Å². The Hall–Kier alpha value is -3.45. The van der Waals surface area contributed by atoms with Crippen LogP contribution < -0.4 is 0 Å². The summed E-state index contributed by atoms with van der Waals surface area (Å²) in [7, 11) is 0. The normalized spacial score (nSPS) is 15.3. The topological polar surface area (TPSA) is 81.5 Å². The molecular weight excluding hydrogens is 458 g/mol. The lowest BCUT2D eigenvalue weighted by Gasteiger charge is -2.34. The Balaban J connectivity index is 1.18. The van der Waals surface area contributed by atoms with E-state index >= 15 is 0 Å². The number of amides is 1. The molecule has 0 unspecified atom stereocenters. The van der Waals surface area contributed by atoms with E-state index in [0.717, 1.165) is 29.1 Å². The average molecular weight is 486 g/mol. The van der Waals surface area contributed by atoms with Crippen molar-refractivity contribution >= 4 is 24.4 Å². The summed E-state index contributed by atoms with van der Waals surface area (Å²) in [6.07, 6.45) is -0.259. The maximum absolute atomic E-state index is 12.9. The van der Waals surface area contributed by atoms with Gasteiger partial charge in [-0.05, 0) is 58.0 Å². The van der Waals surface area contributed by atoms with Gasteiger partial charge in [0.1, 0.15) is 6.61 Å². The Morgan fingerprint density at radius 3 is 2.31 bits per heavy atom. The van der Waals surface area contributed by atoms with E-state index < -0.39 is 0 Å². The number of benzene rings is 3. The van der Waals surface area contributed by atoms with Gasteiger partial charge < -0.3 is 9.64 Å². The lowest BCUT2D eigenvalue weighted by atomic mass is 9.98. The van der Waals surface area contributed by atoms with Crippen molar-refractivity contribution in [2.24, 2.45) is 5.11 Å². The minimum Gasteiger partial charge on any atom is -0.448 e. The van der Waals surface area contributed by atoms with Crippen LogP contribution in [0.25, 0.3) is 21.6 Å². The number of nitrogens with zero attached hydrogens (tertiary/aromatic N) is 5. The van der Waals surface area contributed by atoms with Gasteiger partial charge in [-0.2, -0.15) is 0 Å². The van der Waals surface area contributed by atoms with Crippen LogP contribution in [0, 0.1) is 6.92 Å². The molecule has 0 N–H and O–H groups in total. The first-order valence-corrected chi connectivity index (χ1v) is 12.2. The number of thiol groups is 1. The maximum atomic E-state index is 12.9. The third-order valence-electron chi connectivity index (χ3n) is 6.94. The number of carbonyl (C=O) groups is 1. The van der Waals surface area contributed by atoms with Gasteiger partial charge >= 0.3 is 6.09 Å². The van der Waals surface area contributed by atoms with Gasteiger partial charge in [-0.3, -0.25) is 4.90 Å². The molecule has 0 aromatic heterocycles. The first-order chi connectivity index (χ1) is 17.0. The zero-order valence-corrected chi connectivity index (χ0v) is 20.5. The van der Waals surface area contributed by atoms with E-state index in [1.165, 1.54) is 22.3 Å². The molecule has 2 aliphatic rings. The molecule has 1 aliphatic heterocycles. The van der Waals surface area contributed by atoms with Gasteiger partial charge in [0.05, 0.1) is 0 Å². The molecule has 1 saturated heterocycles. The van der Waals surface area contributed by atoms with Crippen molar-refractivity contribution in [3.8, 4) is 11.1 Å². The van der Waals surface area contributed by atoms with Gasteiger partial charge in [0.2, 0.25) is 0 Å². The van der Waals surface area contributed by atoms with Crippen molar-refractivity contribution in [1.29, 1.82) is 0 Å². The highest BCUT2D eigenvalue weighted by atomic mass is 32.1. The molecule has 5 rings (SSSR count). The van der Waals surface area contributed by atoms with E-state index in [9.17, 15) is 4.79 Å². The fraction of sp³-hybridized carbons (Fsp3) is 0.296. The van der Waals surface area contributed by atoms with Gasteiger partial charge in [-0.15, -0.1) is 12.6 Å². The Morgan fingerprint density at radius 1 is 1.06 bits per heavy atom. The molecule has 7 nitrogen and oxygen atoms in total. The third kappa shape index (κ3) is 4.73. The Morgan fingerprint density at radius 2 is 1.69 bits per heavy atom. The van der Waals surface area contributed by atoms with Crippen molar-refractivity contribution < 1.29 is 9.53 Å². The summed E-state index contributed by atoms with van der Waals surface area (Å²) in [5.41, 5.74) is 16.2. The zero-order chi connectivity index (χ0) is 24.4. The van der Waals surface area contributed by atoms with Crippen molar-refractivity contribution in [2.75, 3.05) is 32.8 Å². The van der Waals surface area contributed by atoms with Crippen LogP contribution in [-0.4, -0.2) is 48.7 Å². The summed E-state index contributed by atoms with van der Waals surface area (Å²) in [5.74, 6) is 0.0647. The predicted molar refractivity (Wildman–Crippen MR) is 139 cm³/mol. The van der Waals surface area contributed by atoms with Crippen LogP contribution in [-0.2, 0) is 11.3 Å². The minimum atomic E-state index is -0.259.